The number of benzene rings is 1. The van der Waals surface area contributed by atoms with Crippen LogP contribution >= 0.6 is 0 Å². The molecular weight excluding hydrogens is 340 g/mol. The Morgan fingerprint density at radius 1 is 1.27 bits per heavy atom. The molecule has 0 radical (unpaired) electrons. The molecule has 0 saturated carbocycles. The maximum Gasteiger partial charge on any atom is 0.408 e. The highest BCUT2D eigenvalue weighted by Gasteiger charge is 2.37. The Labute approximate surface area is 151 Å². The lowest BCUT2D eigenvalue weighted by atomic mass is 9.99. The van der Waals surface area contributed by atoms with E-state index in [2.05, 4.69) is 10.6 Å². The molecule has 1 aliphatic heterocycles. The summed E-state index contributed by atoms with van der Waals surface area (Å²) in [6.07, 6.45) is -1.54. The minimum atomic E-state index is -1.16. The summed E-state index contributed by atoms with van der Waals surface area (Å²) in [5, 5.41) is 4.55. The Hall–Kier alpha value is -2.90. The third kappa shape index (κ3) is 5.30. The first-order chi connectivity index (χ1) is 12.4. The Morgan fingerprint density at radius 3 is 2.54 bits per heavy atom. The summed E-state index contributed by atoms with van der Waals surface area (Å²) in [4.78, 5) is 47.1. The fourth-order valence-corrected chi connectivity index (χ4v) is 2.40. The van der Waals surface area contributed by atoms with Crippen LogP contribution in [-0.4, -0.2) is 36.0 Å². The Bertz CT molecular complexity index is 676. The van der Waals surface area contributed by atoms with Gasteiger partial charge in [0.25, 0.3) is 5.91 Å². The van der Waals surface area contributed by atoms with Crippen molar-refractivity contribution in [2.75, 3.05) is 0 Å². The maximum atomic E-state index is 12.4. The van der Waals surface area contributed by atoms with Crippen LogP contribution in [0.1, 0.15) is 32.3 Å². The minimum absolute atomic E-state index is 0.0640. The third-order valence-electron chi connectivity index (χ3n) is 4.14. The zero-order chi connectivity index (χ0) is 19.1. The van der Waals surface area contributed by atoms with Crippen molar-refractivity contribution in [3.63, 3.8) is 0 Å². The van der Waals surface area contributed by atoms with Crippen molar-refractivity contribution in [3.8, 4) is 0 Å². The van der Waals surface area contributed by atoms with Crippen LogP contribution in [0, 0.1) is 5.92 Å². The van der Waals surface area contributed by atoms with Crippen molar-refractivity contribution in [2.45, 2.75) is 45.4 Å². The van der Waals surface area contributed by atoms with Gasteiger partial charge in [0.15, 0.2) is 6.10 Å². The maximum absolute atomic E-state index is 12.4. The molecule has 2 N–H and O–H groups in total. The number of ether oxygens (including phenoxy) is 2. The molecule has 1 aromatic rings. The van der Waals surface area contributed by atoms with Crippen molar-refractivity contribution in [1.29, 1.82) is 0 Å². The van der Waals surface area contributed by atoms with Crippen molar-refractivity contribution in [2.24, 2.45) is 5.92 Å². The van der Waals surface area contributed by atoms with Gasteiger partial charge in [-0.1, -0.05) is 50.6 Å². The Balaban J connectivity index is 1.93. The second-order valence-electron chi connectivity index (χ2n) is 6.11. The summed E-state index contributed by atoms with van der Waals surface area (Å²) in [6.45, 7) is 3.69. The highest BCUT2D eigenvalue weighted by Crippen LogP contribution is 2.14. The summed E-state index contributed by atoms with van der Waals surface area (Å²) in [6, 6.07) is 8.13. The van der Waals surface area contributed by atoms with Gasteiger partial charge in [0.05, 0.1) is 6.42 Å². The van der Waals surface area contributed by atoms with Crippen LogP contribution in [0.15, 0.2) is 30.3 Å². The molecule has 1 fully saturated rings. The monoisotopic (exact) mass is 362 g/mol. The smallest absolute Gasteiger partial charge is 0.408 e. The van der Waals surface area contributed by atoms with Crippen molar-refractivity contribution in [1.82, 2.24) is 10.6 Å². The zero-order valence-electron chi connectivity index (χ0n) is 14.7. The predicted molar refractivity (Wildman–Crippen MR) is 90.7 cm³/mol. The van der Waals surface area contributed by atoms with Gasteiger partial charge in [-0.15, -0.1) is 0 Å². The van der Waals surface area contributed by atoms with Gasteiger partial charge in [0.2, 0.25) is 5.91 Å². The van der Waals surface area contributed by atoms with Crippen LogP contribution in [0.3, 0.4) is 0 Å². The number of carbonyl (C=O) groups excluding carboxylic acids is 4. The highest BCUT2D eigenvalue weighted by molar-refractivity contribution is 6.05. The lowest BCUT2D eigenvalue weighted by molar-refractivity contribution is -0.157. The molecule has 1 aromatic carbocycles. The summed E-state index contributed by atoms with van der Waals surface area (Å²) >= 11 is 0. The number of carbonyl (C=O) groups is 4. The van der Waals surface area contributed by atoms with E-state index in [1.807, 2.05) is 37.3 Å². The van der Waals surface area contributed by atoms with E-state index in [-0.39, 0.29) is 18.9 Å². The van der Waals surface area contributed by atoms with Crippen LogP contribution in [-0.2, 0) is 30.5 Å². The summed E-state index contributed by atoms with van der Waals surface area (Å²) in [5.74, 6) is -2.17. The molecule has 2 rings (SSSR count). The van der Waals surface area contributed by atoms with E-state index >= 15 is 0 Å². The first-order valence-electron chi connectivity index (χ1n) is 8.42. The number of rotatable bonds is 7. The Morgan fingerprint density at radius 2 is 1.96 bits per heavy atom. The van der Waals surface area contributed by atoms with Gasteiger partial charge in [-0.25, -0.2) is 9.59 Å². The van der Waals surface area contributed by atoms with Gasteiger partial charge in [-0.2, -0.15) is 0 Å². The molecule has 0 spiro atoms. The molecule has 0 aromatic heterocycles. The fourth-order valence-electron chi connectivity index (χ4n) is 2.40. The minimum Gasteiger partial charge on any atom is -0.450 e. The van der Waals surface area contributed by atoms with Gasteiger partial charge in [0.1, 0.15) is 12.6 Å². The van der Waals surface area contributed by atoms with Crippen molar-refractivity contribution < 1.29 is 28.7 Å². The molecule has 3 amide bonds. The van der Waals surface area contributed by atoms with E-state index in [1.54, 1.807) is 6.92 Å². The van der Waals surface area contributed by atoms with Crippen LogP contribution in [0.5, 0.6) is 0 Å². The molecule has 0 aliphatic carbocycles. The van der Waals surface area contributed by atoms with E-state index in [4.69, 9.17) is 9.47 Å². The van der Waals surface area contributed by atoms with E-state index in [9.17, 15) is 19.2 Å². The fraction of sp³-hybridized carbons (Fsp3) is 0.444. The number of nitrogens with one attached hydrogen (secondary N) is 2. The standard InChI is InChI=1S/C18H22N2O6/c1-3-11(2)15(17(23)26-13-9-14(21)19-16(13)22)20-18(24)25-10-12-7-5-4-6-8-12/h4-8,11,13,15H,3,9-10H2,1-2H3,(H,20,24)(H,19,21,22)/t11-,13-,15-/m0/s1. The van der Waals surface area contributed by atoms with E-state index in [1.165, 1.54) is 0 Å². The Kier molecular flexibility index (Phi) is 6.71. The molecule has 1 heterocycles. The first kappa shape index (κ1) is 19.4. The molecule has 1 aliphatic rings. The molecule has 1 saturated heterocycles. The molecule has 8 heteroatoms. The first-order valence-corrected chi connectivity index (χ1v) is 8.42. The van der Waals surface area contributed by atoms with E-state index in [0.717, 1.165) is 5.56 Å². The average Bonchev–Trinajstić information content (AvgIpc) is 2.95. The quantitative estimate of drug-likeness (QED) is 0.558. The number of amides is 3. The van der Waals surface area contributed by atoms with Gasteiger partial charge in [-0.05, 0) is 11.5 Å². The zero-order valence-corrected chi connectivity index (χ0v) is 14.7. The largest absolute Gasteiger partial charge is 0.450 e. The molecule has 8 nitrogen and oxygen atoms in total. The molecule has 3 atom stereocenters. The third-order valence-corrected chi connectivity index (χ3v) is 4.14. The van der Waals surface area contributed by atoms with Gasteiger partial charge in [0, 0.05) is 0 Å². The van der Waals surface area contributed by atoms with Crippen LogP contribution in [0.4, 0.5) is 4.79 Å². The van der Waals surface area contributed by atoms with Gasteiger partial charge < -0.3 is 14.8 Å². The topological polar surface area (TPSA) is 111 Å². The second kappa shape index (κ2) is 8.98. The number of hydrogen-bond acceptors (Lipinski definition) is 6. The summed E-state index contributed by atoms with van der Waals surface area (Å²) in [5.41, 5.74) is 0.812. The van der Waals surface area contributed by atoms with Crippen LogP contribution in [0.25, 0.3) is 0 Å². The second-order valence-corrected chi connectivity index (χ2v) is 6.11. The van der Waals surface area contributed by atoms with Gasteiger partial charge >= 0.3 is 12.1 Å². The van der Waals surface area contributed by atoms with Crippen molar-refractivity contribution in [3.05, 3.63) is 35.9 Å². The molecule has 26 heavy (non-hydrogen) atoms. The van der Waals surface area contributed by atoms with E-state index in [0.29, 0.717) is 6.42 Å². The van der Waals surface area contributed by atoms with Crippen LogP contribution in [0.2, 0.25) is 0 Å². The highest BCUT2D eigenvalue weighted by atomic mass is 16.6. The summed E-state index contributed by atoms with van der Waals surface area (Å²) in [7, 11) is 0. The number of hydrogen-bond donors (Lipinski definition) is 2. The van der Waals surface area contributed by atoms with Crippen LogP contribution < -0.4 is 10.6 Å². The molecule has 0 bridgehead atoms. The lowest BCUT2D eigenvalue weighted by Crippen LogP contribution is -2.47. The lowest BCUT2D eigenvalue weighted by Gasteiger charge is -2.23. The molecule has 140 valence electrons. The average molecular weight is 362 g/mol. The van der Waals surface area contributed by atoms with Gasteiger partial charge in [-0.3, -0.25) is 14.9 Å². The predicted octanol–water partition coefficient (Wildman–Crippen LogP) is 1.29. The SMILES string of the molecule is CC[C@H](C)[C@H](NC(=O)OCc1ccccc1)C(=O)O[C@H]1CC(=O)NC1=O. The van der Waals surface area contributed by atoms with Crippen molar-refractivity contribution >= 4 is 23.9 Å². The molecule has 0 unspecified atom stereocenters. The molecular formula is C18H22N2O6. The summed E-state index contributed by atoms with van der Waals surface area (Å²) < 4.78 is 10.2. The number of imide groups is 1. The number of alkyl carbamates (subject to hydrolysis) is 1. The van der Waals surface area contributed by atoms with E-state index < -0.39 is 36.0 Å². The number of esters is 1. The normalized spacial score (nSPS) is 18.6.